The number of nitrogens with two attached hydrogens (primary N) is 1. The Bertz CT molecular complexity index is 762. The molecule has 0 amide bonds. The smallest absolute Gasteiger partial charge is 0.142 e. The molecule has 4 heteroatoms. The number of ether oxygens (including phenoxy) is 1. The molecule has 1 aromatic carbocycles. The number of nitrogen functional groups attached to an aromatic ring is 1. The number of pyridine rings is 1. The molecule has 0 fully saturated rings. The second kappa shape index (κ2) is 6.70. The molecule has 0 atom stereocenters. The molecule has 4 nitrogen and oxygen atoms in total. The number of hydrogen-bond donors (Lipinski definition) is 1. The van der Waals surface area contributed by atoms with Gasteiger partial charge in [-0.15, -0.1) is 0 Å². The monoisotopic (exact) mass is 307 g/mol. The van der Waals surface area contributed by atoms with Gasteiger partial charge in [-0.2, -0.15) is 5.26 Å². The molecule has 1 aliphatic rings. The maximum atomic E-state index is 9.64. The fourth-order valence-corrected chi connectivity index (χ4v) is 3.38. The van der Waals surface area contributed by atoms with E-state index in [9.17, 15) is 5.26 Å². The molecule has 118 valence electrons. The average Bonchev–Trinajstić information content (AvgIpc) is 2.55. The highest BCUT2D eigenvalue weighted by Crippen LogP contribution is 2.39. The van der Waals surface area contributed by atoms with Crippen LogP contribution in [0.1, 0.15) is 42.5 Å². The van der Waals surface area contributed by atoms with Crippen molar-refractivity contribution >= 4 is 5.82 Å². The number of benzene rings is 1. The molecule has 23 heavy (non-hydrogen) atoms. The molecule has 0 saturated heterocycles. The molecule has 0 unspecified atom stereocenters. The highest BCUT2D eigenvalue weighted by molar-refractivity contribution is 5.82. The van der Waals surface area contributed by atoms with E-state index in [1.807, 2.05) is 24.3 Å². The zero-order chi connectivity index (χ0) is 16.2. The summed E-state index contributed by atoms with van der Waals surface area (Å²) in [4.78, 5) is 4.54. The number of para-hydroxylation sites is 1. The van der Waals surface area contributed by atoms with E-state index in [-0.39, 0.29) is 0 Å². The number of nitrogens with zero attached hydrogens (tertiary/aromatic N) is 2. The van der Waals surface area contributed by atoms with Gasteiger partial charge in [0.25, 0.3) is 0 Å². The fraction of sp³-hybridized carbons (Fsp3) is 0.368. The summed E-state index contributed by atoms with van der Waals surface area (Å²) in [5.74, 6) is 1.09. The quantitative estimate of drug-likeness (QED) is 0.914. The maximum Gasteiger partial charge on any atom is 0.142 e. The third-order valence-electron chi connectivity index (χ3n) is 4.49. The van der Waals surface area contributed by atoms with Crippen LogP contribution in [-0.2, 0) is 12.8 Å². The van der Waals surface area contributed by atoms with Gasteiger partial charge in [0, 0.05) is 16.8 Å². The molecular weight excluding hydrogens is 286 g/mol. The molecule has 0 spiro atoms. The summed E-state index contributed by atoms with van der Waals surface area (Å²) in [6.45, 7) is 0. The minimum absolute atomic E-state index is 0.327. The minimum atomic E-state index is 0.327. The van der Waals surface area contributed by atoms with E-state index >= 15 is 0 Å². The molecule has 0 radical (unpaired) electrons. The lowest BCUT2D eigenvalue weighted by Gasteiger charge is -2.20. The van der Waals surface area contributed by atoms with E-state index in [2.05, 4.69) is 11.1 Å². The zero-order valence-electron chi connectivity index (χ0n) is 13.4. The lowest BCUT2D eigenvalue weighted by Crippen LogP contribution is -2.10. The van der Waals surface area contributed by atoms with Crippen molar-refractivity contribution in [3.8, 4) is 22.9 Å². The van der Waals surface area contributed by atoms with Crippen molar-refractivity contribution in [2.45, 2.75) is 38.5 Å². The van der Waals surface area contributed by atoms with Crippen LogP contribution >= 0.6 is 0 Å². The summed E-state index contributed by atoms with van der Waals surface area (Å²) < 4.78 is 5.52. The van der Waals surface area contributed by atoms with Gasteiger partial charge in [-0.1, -0.05) is 31.0 Å². The zero-order valence-corrected chi connectivity index (χ0v) is 13.4. The fourth-order valence-electron chi connectivity index (χ4n) is 3.38. The third-order valence-corrected chi connectivity index (χ3v) is 4.49. The van der Waals surface area contributed by atoms with Crippen LogP contribution in [0.15, 0.2) is 24.3 Å². The Hall–Kier alpha value is -2.54. The predicted molar refractivity (Wildman–Crippen MR) is 91.2 cm³/mol. The van der Waals surface area contributed by atoms with Crippen LogP contribution in [0, 0.1) is 11.3 Å². The van der Waals surface area contributed by atoms with E-state index in [1.54, 1.807) is 7.11 Å². The number of hydrogen-bond acceptors (Lipinski definition) is 4. The normalized spacial score (nSPS) is 14.3. The first kappa shape index (κ1) is 15.4. The van der Waals surface area contributed by atoms with Gasteiger partial charge in [0.05, 0.1) is 7.11 Å². The second-order valence-corrected chi connectivity index (χ2v) is 5.90. The van der Waals surface area contributed by atoms with Crippen molar-refractivity contribution in [3.63, 3.8) is 0 Å². The standard InChI is InChI=1S/C19H21N3O/c1-23-17-11-7-6-9-14(17)18-13-8-4-2-3-5-10-16(13)22-19(21)15(18)12-20/h6-7,9,11H,2-5,8,10H2,1H3,(H2,21,22). The SMILES string of the molecule is COc1ccccc1-c1c(C#N)c(N)nc2c1CCCCCC2. The van der Waals surface area contributed by atoms with Gasteiger partial charge in [0.15, 0.2) is 0 Å². The van der Waals surface area contributed by atoms with Gasteiger partial charge in [0.1, 0.15) is 23.2 Å². The van der Waals surface area contributed by atoms with Crippen molar-refractivity contribution in [1.82, 2.24) is 4.98 Å². The summed E-state index contributed by atoms with van der Waals surface area (Å²) in [5.41, 5.74) is 10.6. The van der Waals surface area contributed by atoms with Gasteiger partial charge >= 0.3 is 0 Å². The van der Waals surface area contributed by atoms with Crippen LogP contribution in [-0.4, -0.2) is 12.1 Å². The lowest BCUT2D eigenvalue weighted by atomic mass is 9.87. The molecule has 2 N–H and O–H groups in total. The van der Waals surface area contributed by atoms with Crippen molar-refractivity contribution in [1.29, 1.82) is 5.26 Å². The van der Waals surface area contributed by atoms with Crippen LogP contribution in [0.3, 0.4) is 0 Å². The third kappa shape index (κ3) is 2.87. The summed E-state index contributed by atoms with van der Waals surface area (Å²) >= 11 is 0. The van der Waals surface area contributed by atoms with Crippen molar-refractivity contribution in [2.75, 3.05) is 12.8 Å². The maximum absolute atomic E-state index is 9.64. The number of anilines is 1. The average molecular weight is 307 g/mol. The highest BCUT2D eigenvalue weighted by Gasteiger charge is 2.22. The van der Waals surface area contributed by atoms with E-state index < -0.39 is 0 Å². The Labute approximate surface area is 136 Å². The Morgan fingerprint density at radius 2 is 1.87 bits per heavy atom. The van der Waals surface area contributed by atoms with Crippen molar-refractivity contribution in [2.24, 2.45) is 0 Å². The Morgan fingerprint density at radius 3 is 2.61 bits per heavy atom. The number of methoxy groups -OCH3 is 1. The summed E-state index contributed by atoms with van der Waals surface area (Å²) in [6, 6.07) is 10.1. The van der Waals surface area contributed by atoms with Crippen LogP contribution < -0.4 is 10.5 Å². The number of aromatic nitrogens is 1. The van der Waals surface area contributed by atoms with Gasteiger partial charge < -0.3 is 10.5 Å². The molecule has 0 bridgehead atoms. The summed E-state index contributed by atoms with van der Waals surface area (Å²) in [6.07, 6.45) is 6.54. The lowest BCUT2D eigenvalue weighted by molar-refractivity contribution is 0.416. The van der Waals surface area contributed by atoms with Crippen LogP contribution in [0.4, 0.5) is 5.82 Å². The van der Waals surface area contributed by atoms with Crippen LogP contribution in [0.5, 0.6) is 5.75 Å². The van der Waals surface area contributed by atoms with Gasteiger partial charge in [-0.05, 0) is 37.3 Å². The number of rotatable bonds is 2. The van der Waals surface area contributed by atoms with E-state index in [0.717, 1.165) is 48.3 Å². The molecule has 1 heterocycles. The molecule has 1 aromatic heterocycles. The molecule has 3 rings (SSSR count). The minimum Gasteiger partial charge on any atom is -0.496 e. The number of nitriles is 1. The highest BCUT2D eigenvalue weighted by atomic mass is 16.5. The Balaban J connectivity index is 2.31. The molecule has 2 aromatic rings. The number of fused-ring (bicyclic) bond motifs is 1. The molecule has 1 aliphatic carbocycles. The first-order valence-electron chi connectivity index (χ1n) is 8.11. The first-order valence-corrected chi connectivity index (χ1v) is 8.11. The van der Waals surface area contributed by atoms with Gasteiger partial charge in [-0.25, -0.2) is 4.98 Å². The van der Waals surface area contributed by atoms with E-state index in [4.69, 9.17) is 10.5 Å². The topological polar surface area (TPSA) is 71.9 Å². The predicted octanol–water partition coefficient (Wildman–Crippen LogP) is 3.87. The molecule has 0 aliphatic heterocycles. The van der Waals surface area contributed by atoms with Crippen LogP contribution in [0.2, 0.25) is 0 Å². The van der Waals surface area contributed by atoms with Gasteiger partial charge in [0.2, 0.25) is 0 Å². The number of aryl methyl sites for hydroxylation is 1. The van der Waals surface area contributed by atoms with Crippen molar-refractivity contribution < 1.29 is 4.74 Å². The summed E-state index contributed by atoms with van der Waals surface area (Å²) in [5, 5.41) is 9.64. The van der Waals surface area contributed by atoms with Crippen LogP contribution in [0.25, 0.3) is 11.1 Å². The summed E-state index contributed by atoms with van der Waals surface area (Å²) in [7, 11) is 1.65. The molecular formula is C19H21N3O. The molecule has 0 saturated carbocycles. The van der Waals surface area contributed by atoms with Gasteiger partial charge in [-0.3, -0.25) is 0 Å². The Kier molecular flexibility index (Phi) is 4.47. The van der Waals surface area contributed by atoms with Crippen molar-refractivity contribution in [3.05, 3.63) is 41.1 Å². The van der Waals surface area contributed by atoms with E-state index in [0.29, 0.717) is 11.4 Å². The van der Waals surface area contributed by atoms with E-state index in [1.165, 1.54) is 18.4 Å². The second-order valence-electron chi connectivity index (χ2n) is 5.90. The first-order chi connectivity index (χ1) is 11.3. The Morgan fingerprint density at radius 1 is 1.13 bits per heavy atom. The largest absolute Gasteiger partial charge is 0.496 e.